The van der Waals surface area contributed by atoms with Crippen LogP contribution in [0.4, 0.5) is 5.82 Å². The third kappa shape index (κ3) is 5.33. The summed E-state index contributed by atoms with van der Waals surface area (Å²) in [4.78, 5) is 11.2. The van der Waals surface area contributed by atoms with Gasteiger partial charge >= 0.3 is 0 Å². The molecule has 5 heteroatoms. The van der Waals surface area contributed by atoms with Crippen LogP contribution >= 0.6 is 0 Å². The highest BCUT2D eigenvalue weighted by Crippen LogP contribution is 2.22. The fourth-order valence-electron chi connectivity index (χ4n) is 1.80. The van der Waals surface area contributed by atoms with E-state index in [1.165, 1.54) is 0 Å². The molecule has 1 aromatic rings. The first-order valence-electron chi connectivity index (χ1n) is 7.47. The molecule has 20 heavy (non-hydrogen) atoms. The second kappa shape index (κ2) is 8.74. The van der Waals surface area contributed by atoms with Crippen molar-refractivity contribution in [2.75, 3.05) is 39.1 Å². The molecular formula is C15H28N4O. The van der Waals surface area contributed by atoms with Gasteiger partial charge in [-0.2, -0.15) is 4.98 Å². The van der Waals surface area contributed by atoms with Gasteiger partial charge in [0.15, 0.2) is 0 Å². The molecule has 1 rings (SSSR count). The fraction of sp³-hybridized carbons (Fsp3) is 0.733. The number of nitrogens with one attached hydrogen (secondary N) is 1. The van der Waals surface area contributed by atoms with Crippen LogP contribution in [0, 0.1) is 6.92 Å². The maximum absolute atomic E-state index is 5.83. The molecule has 1 N–H and O–H groups in total. The van der Waals surface area contributed by atoms with Crippen LogP contribution in [0.15, 0.2) is 0 Å². The Balaban J connectivity index is 2.72. The summed E-state index contributed by atoms with van der Waals surface area (Å²) in [7, 11) is 4.13. The number of aromatic nitrogens is 2. The van der Waals surface area contributed by atoms with Gasteiger partial charge in [-0.25, -0.2) is 4.98 Å². The lowest BCUT2D eigenvalue weighted by atomic mass is 10.3. The van der Waals surface area contributed by atoms with E-state index in [1.807, 2.05) is 6.92 Å². The first-order valence-corrected chi connectivity index (χ1v) is 7.47. The zero-order chi connectivity index (χ0) is 15.0. The van der Waals surface area contributed by atoms with E-state index in [2.05, 4.69) is 48.1 Å². The van der Waals surface area contributed by atoms with Crippen LogP contribution in [0.3, 0.4) is 0 Å². The average Bonchev–Trinajstić information content (AvgIpc) is 2.43. The van der Waals surface area contributed by atoms with E-state index in [0.717, 1.165) is 49.6 Å². The maximum Gasteiger partial charge on any atom is 0.221 e. The number of hydrogen-bond acceptors (Lipinski definition) is 5. The Hall–Kier alpha value is -1.36. The highest BCUT2D eigenvalue weighted by molar-refractivity contribution is 5.48. The molecule has 114 valence electrons. The molecule has 0 unspecified atom stereocenters. The number of rotatable bonds is 9. The molecule has 5 nitrogen and oxygen atoms in total. The Morgan fingerprint density at radius 2 is 1.95 bits per heavy atom. The van der Waals surface area contributed by atoms with Gasteiger partial charge in [0.25, 0.3) is 0 Å². The lowest BCUT2D eigenvalue weighted by Gasteiger charge is -2.15. The van der Waals surface area contributed by atoms with E-state index in [1.54, 1.807) is 0 Å². The van der Waals surface area contributed by atoms with Crippen molar-refractivity contribution < 1.29 is 4.74 Å². The Kier molecular flexibility index (Phi) is 7.30. The molecule has 0 atom stereocenters. The van der Waals surface area contributed by atoms with Crippen LogP contribution in [0.5, 0.6) is 5.88 Å². The van der Waals surface area contributed by atoms with Gasteiger partial charge in [-0.15, -0.1) is 0 Å². The second-order valence-electron chi connectivity index (χ2n) is 5.20. The molecule has 0 bridgehead atoms. The van der Waals surface area contributed by atoms with E-state index < -0.39 is 0 Å². The highest BCUT2D eigenvalue weighted by Gasteiger charge is 2.11. The van der Waals surface area contributed by atoms with Crippen LogP contribution in [0.2, 0.25) is 0 Å². The molecule has 1 aromatic heterocycles. The molecule has 0 aromatic carbocycles. The van der Waals surface area contributed by atoms with Gasteiger partial charge in [-0.3, -0.25) is 0 Å². The quantitative estimate of drug-likeness (QED) is 0.704. The number of hydrogen-bond donors (Lipinski definition) is 1. The minimum absolute atomic E-state index is 0.687. The molecule has 0 aliphatic carbocycles. The van der Waals surface area contributed by atoms with Gasteiger partial charge in [-0.1, -0.05) is 13.8 Å². The van der Waals surface area contributed by atoms with Gasteiger partial charge in [-0.05, 0) is 33.9 Å². The summed E-state index contributed by atoms with van der Waals surface area (Å²) < 4.78 is 5.83. The summed E-state index contributed by atoms with van der Waals surface area (Å²) in [6.45, 7) is 8.84. The molecule has 0 aliphatic heterocycles. The first kappa shape index (κ1) is 16.7. The molecule has 0 saturated heterocycles. The third-order valence-electron chi connectivity index (χ3n) is 2.99. The first-order chi connectivity index (χ1) is 9.58. The predicted molar refractivity (Wildman–Crippen MR) is 83.6 cm³/mol. The van der Waals surface area contributed by atoms with Crippen molar-refractivity contribution in [3.8, 4) is 5.88 Å². The molecule has 0 radical (unpaired) electrons. The molecule has 0 fully saturated rings. The van der Waals surface area contributed by atoms with Crippen molar-refractivity contribution >= 4 is 5.82 Å². The Bertz CT molecular complexity index is 407. The summed E-state index contributed by atoms with van der Waals surface area (Å²) in [6, 6.07) is 0. The number of ether oxygens (including phenoxy) is 1. The van der Waals surface area contributed by atoms with Crippen molar-refractivity contribution in [2.45, 2.75) is 40.0 Å². The van der Waals surface area contributed by atoms with Gasteiger partial charge in [0.05, 0.1) is 12.2 Å². The molecule has 0 aliphatic rings. The summed E-state index contributed by atoms with van der Waals surface area (Å²) in [6.07, 6.45) is 2.88. The van der Waals surface area contributed by atoms with E-state index in [-0.39, 0.29) is 0 Å². The summed E-state index contributed by atoms with van der Waals surface area (Å²) in [5.74, 6) is 2.45. The van der Waals surface area contributed by atoms with Crippen LogP contribution < -0.4 is 10.1 Å². The molecule has 0 spiro atoms. The predicted octanol–water partition coefficient (Wildman–Crippen LogP) is 2.50. The standard InChI is InChI=1S/C15H28N4O/c1-6-9-16-14-12(3)15(18-13(7-2)17-14)20-11-8-10-19(4)5/h6-11H2,1-5H3,(H,16,17,18). The second-order valence-corrected chi connectivity index (χ2v) is 5.20. The Morgan fingerprint density at radius 1 is 1.20 bits per heavy atom. The summed E-state index contributed by atoms with van der Waals surface area (Å²) in [5.41, 5.74) is 1.00. The van der Waals surface area contributed by atoms with Gasteiger partial charge in [0.1, 0.15) is 11.6 Å². The third-order valence-corrected chi connectivity index (χ3v) is 2.99. The van der Waals surface area contributed by atoms with E-state index in [9.17, 15) is 0 Å². The van der Waals surface area contributed by atoms with E-state index in [0.29, 0.717) is 12.5 Å². The van der Waals surface area contributed by atoms with Crippen LogP contribution in [-0.2, 0) is 6.42 Å². The highest BCUT2D eigenvalue weighted by atomic mass is 16.5. The molecular weight excluding hydrogens is 252 g/mol. The van der Waals surface area contributed by atoms with Crippen molar-refractivity contribution in [3.05, 3.63) is 11.4 Å². The van der Waals surface area contributed by atoms with Crippen LogP contribution in [-0.4, -0.2) is 48.7 Å². The largest absolute Gasteiger partial charge is 0.477 e. The molecule has 1 heterocycles. The minimum Gasteiger partial charge on any atom is -0.477 e. The van der Waals surface area contributed by atoms with Gasteiger partial charge < -0.3 is 15.0 Å². The minimum atomic E-state index is 0.687. The SMILES string of the molecule is CCCNc1nc(CC)nc(OCCCN(C)C)c1C. The summed E-state index contributed by atoms with van der Waals surface area (Å²) in [5, 5.41) is 3.35. The van der Waals surface area contributed by atoms with Crippen LogP contribution in [0.25, 0.3) is 0 Å². The number of aryl methyl sites for hydroxylation is 1. The van der Waals surface area contributed by atoms with Crippen molar-refractivity contribution in [3.63, 3.8) is 0 Å². The van der Waals surface area contributed by atoms with Gasteiger partial charge in [0, 0.05) is 19.5 Å². The zero-order valence-corrected chi connectivity index (χ0v) is 13.5. The lowest BCUT2D eigenvalue weighted by Crippen LogP contribution is -2.16. The fourth-order valence-corrected chi connectivity index (χ4v) is 1.80. The lowest BCUT2D eigenvalue weighted by molar-refractivity contribution is 0.270. The Labute approximate surface area is 122 Å². The van der Waals surface area contributed by atoms with E-state index in [4.69, 9.17) is 4.74 Å². The average molecular weight is 280 g/mol. The Morgan fingerprint density at radius 3 is 2.55 bits per heavy atom. The van der Waals surface area contributed by atoms with Crippen LogP contribution in [0.1, 0.15) is 38.1 Å². The van der Waals surface area contributed by atoms with Crippen molar-refractivity contribution in [1.82, 2.24) is 14.9 Å². The van der Waals surface area contributed by atoms with Gasteiger partial charge in [0.2, 0.25) is 5.88 Å². The smallest absolute Gasteiger partial charge is 0.221 e. The van der Waals surface area contributed by atoms with Crippen molar-refractivity contribution in [2.24, 2.45) is 0 Å². The normalized spacial score (nSPS) is 10.9. The van der Waals surface area contributed by atoms with Crippen molar-refractivity contribution in [1.29, 1.82) is 0 Å². The zero-order valence-electron chi connectivity index (χ0n) is 13.5. The molecule has 0 amide bonds. The number of anilines is 1. The van der Waals surface area contributed by atoms with E-state index >= 15 is 0 Å². The maximum atomic E-state index is 5.83. The monoisotopic (exact) mass is 280 g/mol. The topological polar surface area (TPSA) is 50.3 Å². The molecule has 0 saturated carbocycles. The number of nitrogens with zero attached hydrogens (tertiary/aromatic N) is 3. The summed E-state index contributed by atoms with van der Waals surface area (Å²) >= 11 is 0.